The molecule has 0 spiro atoms. The van der Waals surface area contributed by atoms with Crippen LogP contribution in [-0.2, 0) is 0 Å². The number of halogens is 2. The molecule has 3 N–H and O–H groups in total. The minimum absolute atomic E-state index is 0.323. The van der Waals surface area contributed by atoms with Gasteiger partial charge in [0.1, 0.15) is 5.69 Å². The molecule has 0 atom stereocenters. The van der Waals surface area contributed by atoms with Gasteiger partial charge in [-0.05, 0) is 58.7 Å². The van der Waals surface area contributed by atoms with Crippen molar-refractivity contribution < 1.29 is 4.39 Å². The van der Waals surface area contributed by atoms with Crippen molar-refractivity contribution in [2.75, 3.05) is 11.1 Å². The quantitative estimate of drug-likeness (QED) is 0.657. The minimum Gasteiger partial charge on any atom is -0.398 e. The lowest BCUT2D eigenvalue weighted by molar-refractivity contribution is 0.634. The highest BCUT2D eigenvalue weighted by atomic mass is 79.9. The molecule has 1 heterocycles. The number of fused-ring (bicyclic) bond motifs is 1. The van der Waals surface area contributed by atoms with Crippen LogP contribution in [0.25, 0.3) is 10.9 Å². The van der Waals surface area contributed by atoms with Gasteiger partial charge in [0.15, 0.2) is 5.82 Å². The van der Waals surface area contributed by atoms with Crippen molar-refractivity contribution in [2.45, 2.75) is 6.92 Å². The average Bonchev–Trinajstić information content (AvgIpc) is 2.45. The van der Waals surface area contributed by atoms with Crippen molar-refractivity contribution in [2.24, 2.45) is 0 Å². The smallest absolute Gasteiger partial charge is 0.150 e. The molecule has 1 aromatic heterocycles. The summed E-state index contributed by atoms with van der Waals surface area (Å²) in [6.07, 6.45) is 1.62. The Balaban J connectivity index is 2.16. The fraction of sp³-hybridized carbons (Fsp3) is 0.0625. The molecule has 0 aliphatic heterocycles. The van der Waals surface area contributed by atoms with Crippen LogP contribution in [0.4, 0.5) is 21.5 Å². The average molecular weight is 346 g/mol. The van der Waals surface area contributed by atoms with Crippen molar-refractivity contribution in [3.8, 4) is 0 Å². The summed E-state index contributed by atoms with van der Waals surface area (Å²) in [5.74, 6) is -0.425. The second-order valence-corrected chi connectivity index (χ2v) is 5.68. The lowest BCUT2D eigenvalue weighted by Crippen LogP contribution is -2.00. The Kier molecular flexibility index (Phi) is 3.51. The standard InChI is InChI=1S/C16H13BrFN3/c1-9-4-5-14(11(17)7-9)21-16-12(18)8-13(19)10-3-2-6-20-15(10)16/h2-8,21H,19H2,1H3. The minimum atomic E-state index is -0.425. The van der Waals surface area contributed by atoms with Crippen molar-refractivity contribution >= 4 is 43.9 Å². The molecule has 0 aliphatic rings. The number of nitrogens with two attached hydrogens (primary N) is 1. The molecule has 0 amide bonds. The molecule has 106 valence electrons. The molecule has 0 unspecified atom stereocenters. The summed E-state index contributed by atoms with van der Waals surface area (Å²) in [6, 6.07) is 10.7. The van der Waals surface area contributed by atoms with Gasteiger partial charge in [0, 0.05) is 21.7 Å². The highest BCUT2D eigenvalue weighted by Crippen LogP contribution is 2.34. The number of anilines is 3. The van der Waals surface area contributed by atoms with Crippen molar-refractivity contribution in [3.63, 3.8) is 0 Å². The van der Waals surface area contributed by atoms with Gasteiger partial charge in [-0.3, -0.25) is 4.98 Å². The lowest BCUT2D eigenvalue weighted by Gasteiger charge is -2.13. The maximum absolute atomic E-state index is 14.3. The highest BCUT2D eigenvalue weighted by Gasteiger charge is 2.13. The molecular weight excluding hydrogens is 333 g/mol. The van der Waals surface area contributed by atoms with Crippen LogP contribution in [0.1, 0.15) is 5.56 Å². The normalized spacial score (nSPS) is 10.8. The lowest BCUT2D eigenvalue weighted by atomic mass is 10.1. The van der Waals surface area contributed by atoms with E-state index in [1.807, 2.05) is 31.2 Å². The van der Waals surface area contributed by atoms with Crippen LogP contribution in [0, 0.1) is 12.7 Å². The summed E-state index contributed by atoms with van der Waals surface area (Å²) in [6.45, 7) is 2.00. The third-order valence-corrected chi connectivity index (χ3v) is 3.92. The first-order valence-electron chi connectivity index (χ1n) is 6.42. The molecule has 3 rings (SSSR count). The molecule has 0 aliphatic carbocycles. The third kappa shape index (κ3) is 2.56. The maximum Gasteiger partial charge on any atom is 0.150 e. The number of pyridine rings is 1. The molecule has 0 fully saturated rings. The fourth-order valence-electron chi connectivity index (χ4n) is 2.21. The molecule has 21 heavy (non-hydrogen) atoms. The van der Waals surface area contributed by atoms with E-state index in [0.29, 0.717) is 16.9 Å². The summed E-state index contributed by atoms with van der Waals surface area (Å²) < 4.78 is 15.1. The Bertz CT molecular complexity index is 833. The molecule has 0 saturated carbocycles. The van der Waals surface area contributed by atoms with Crippen LogP contribution in [0.15, 0.2) is 47.1 Å². The topological polar surface area (TPSA) is 50.9 Å². The van der Waals surface area contributed by atoms with Gasteiger partial charge >= 0.3 is 0 Å². The van der Waals surface area contributed by atoms with Gasteiger partial charge in [-0.15, -0.1) is 0 Å². The van der Waals surface area contributed by atoms with Gasteiger partial charge in [-0.2, -0.15) is 0 Å². The molecule has 3 nitrogen and oxygen atoms in total. The molecule has 0 bridgehead atoms. The summed E-state index contributed by atoms with van der Waals surface area (Å²) in [7, 11) is 0. The van der Waals surface area contributed by atoms with Gasteiger partial charge in [-0.1, -0.05) is 6.07 Å². The van der Waals surface area contributed by atoms with Gasteiger partial charge in [0.25, 0.3) is 0 Å². The zero-order chi connectivity index (χ0) is 15.0. The second kappa shape index (κ2) is 5.33. The van der Waals surface area contributed by atoms with E-state index in [0.717, 1.165) is 21.1 Å². The summed E-state index contributed by atoms with van der Waals surface area (Å²) >= 11 is 3.48. The number of nitrogen functional groups attached to an aromatic ring is 1. The molecule has 3 aromatic rings. The van der Waals surface area contributed by atoms with Crippen molar-refractivity contribution in [3.05, 3.63) is 58.4 Å². The predicted molar refractivity (Wildman–Crippen MR) is 88.3 cm³/mol. The van der Waals surface area contributed by atoms with E-state index in [9.17, 15) is 4.39 Å². The van der Waals surface area contributed by atoms with Crippen LogP contribution < -0.4 is 11.1 Å². The van der Waals surface area contributed by atoms with Crippen LogP contribution in [0.3, 0.4) is 0 Å². The fourth-order valence-corrected chi connectivity index (χ4v) is 2.80. The number of nitrogens with one attached hydrogen (secondary N) is 1. The Labute approximate surface area is 130 Å². The largest absolute Gasteiger partial charge is 0.398 e. The number of rotatable bonds is 2. The number of hydrogen-bond donors (Lipinski definition) is 2. The third-order valence-electron chi connectivity index (χ3n) is 3.26. The first-order valence-corrected chi connectivity index (χ1v) is 7.21. The summed E-state index contributed by atoms with van der Waals surface area (Å²) in [4.78, 5) is 4.25. The predicted octanol–water partition coefficient (Wildman–Crippen LogP) is 4.77. The highest BCUT2D eigenvalue weighted by molar-refractivity contribution is 9.10. The van der Waals surface area contributed by atoms with Gasteiger partial charge in [0.05, 0.1) is 11.2 Å². The van der Waals surface area contributed by atoms with E-state index in [4.69, 9.17) is 5.73 Å². The monoisotopic (exact) mass is 345 g/mol. The van der Waals surface area contributed by atoms with E-state index < -0.39 is 5.82 Å². The Morgan fingerprint density at radius 1 is 1.24 bits per heavy atom. The Morgan fingerprint density at radius 2 is 2.05 bits per heavy atom. The van der Waals surface area contributed by atoms with Gasteiger partial charge < -0.3 is 11.1 Å². The zero-order valence-electron chi connectivity index (χ0n) is 11.3. The van der Waals surface area contributed by atoms with E-state index in [1.165, 1.54) is 6.07 Å². The molecule has 5 heteroatoms. The molecule has 0 saturated heterocycles. The molecule has 2 aromatic carbocycles. The van der Waals surface area contributed by atoms with Crippen LogP contribution >= 0.6 is 15.9 Å². The molecule has 0 radical (unpaired) electrons. The van der Waals surface area contributed by atoms with E-state index in [1.54, 1.807) is 12.3 Å². The SMILES string of the molecule is Cc1ccc(Nc2c(F)cc(N)c3cccnc23)c(Br)c1. The van der Waals surface area contributed by atoms with Crippen molar-refractivity contribution in [1.29, 1.82) is 0 Å². The van der Waals surface area contributed by atoms with Crippen LogP contribution in [0.2, 0.25) is 0 Å². The number of aryl methyl sites for hydroxylation is 1. The van der Waals surface area contributed by atoms with Crippen LogP contribution in [0.5, 0.6) is 0 Å². The number of hydrogen-bond acceptors (Lipinski definition) is 3. The van der Waals surface area contributed by atoms with Gasteiger partial charge in [-0.25, -0.2) is 4.39 Å². The van der Waals surface area contributed by atoms with E-state index in [2.05, 4.69) is 26.2 Å². The first-order chi connectivity index (χ1) is 10.1. The number of nitrogens with zero attached hydrogens (tertiary/aromatic N) is 1. The Hall–Kier alpha value is -2.14. The van der Waals surface area contributed by atoms with Crippen molar-refractivity contribution in [1.82, 2.24) is 4.98 Å². The summed E-state index contributed by atoms with van der Waals surface area (Å²) in [5, 5.41) is 3.82. The zero-order valence-corrected chi connectivity index (χ0v) is 12.9. The van der Waals surface area contributed by atoms with E-state index in [-0.39, 0.29) is 0 Å². The van der Waals surface area contributed by atoms with Gasteiger partial charge in [0.2, 0.25) is 0 Å². The first kappa shape index (κ1) is 13.8. The number of aromatic nitrogens is 1. The number of benzene rings is 2. The van der Waals surface area contributed by atoms with E-state index >= 15 is 0 Å². The maximum atomic E-state index is 14.3. The second-order valence-electron chi connectivity index (χ2n) is 4.83. The Morgan fingerprint density at radius 3 is 2.81 bits per heavy atom. The van der Waals surface area contributed by atoms with Crippen LogP contribution in [-0.4, -0.2) is 4.98 Å². The summed E-state index contributed by atoms with van der Waals surface area (Å²) in [5.41, 5.74) is 8.96. The molecular formula is C16H13BrFN3.